The molecule has 0 amide bonds. The summed E-state index contributed by atoms with van der Waals surface area (Å²) in [6, 6.07) is 0. The molecule has 82 valence electrons. The molecular weight excluding hydrogens is 174 g/mol. The second-order valence-corrected chi connectivity index (χ2v) is 4.80. The molecule has 0 radical (unpaired) electrons. The summed E-state index contributed by atoms with van der Waals surface area (Å²) < 4.78 is 0. The van der Waals surface area contributed by atoms with Crippen molar-refractivity contribution in [1.82, 2.24) is 5.43 Å². The van der Waals surface area contributed by atoms with E-state index in [2.05, 4.69) is 24.3 Å². The third kappa shape index (κ3) is 2.27. The highest BCUT2D eigenvalue weighted by molar-refractivity contribution is 5.87. The van der Waals surface area contributed by atoms with Gasteiger partial charge in [-0.05, 0) is 25.2 Å². The number of hydrazine groups is 1. The van der Waals surface area contributed by atoms with E-state index < -0.39 is 0 Å². The lowest BCUT2D eigenvalue weighted by molar-refractivity contribution is 0.330. The summed E-state index contributed by atoms with van der Waals surface area (Å²) in [5, 5.41) is 0. The van der Waals surface area contributed by atoms with Gasteiger partial charge in [0.05, 0.1) is 0 Å². The normalized spacial score (nSPS) is 21.6. The second kappa shape index (κ2) is 4.78. The van der Waals surface area contributed by atoms with Crippen molar-refractivity contribution in [2.75, 3.05) is 7.05 Å². The van der Waals surface area contributed by atoms with E-state index in [9.17, 15) is 0 Å². The first kappa shape index (κ1) is 11.5. The minimum Gasteiger partial charge on any atom is -0.312 e. The van der Waals surface area contributed by atoms with Gasteiger partial charge in [-0.1, -0.05) is 26.7 Å². The number of rotatable bonds is 3. The van der Waals surface area contributed by atoms with Crippen LogP contribution in [0.1, 0.15) is 46.0 Å². The molecule has 1 saturated carbocycles. The van der Waals surface area contributed by atoms with Gasteiger partial charge in [0.15, 0.2) is 0 Å². The van der Waals surface area contributed by atoms with Crippen molar-refractivity contribution in [1.29, 1.82) is 0 Å². The van der Waals surface area contributed by atoms with Gasteiger partial charge in [0, 0.05) is 12.5 Å². The van der Waals surface area contributed by atoms with Gasteiger partial charge >= 0.3 is 0 Å². The summed E-state index contributed by atoms with van der Waals surface area (Å²) in [7, 11) is 1.83. The van der Waals surface area contributed by atoms with Crippen LogP contribution in [-0.4, -0.2) is 12.9 Å². The molecule has 1 fully saturated rings. The molecule has 1 aliphatic carbocycles. The average molecular weight is 197 g/mol. The maximum atomic E-state index is 5.54. The van der Waals surface area contributed by atoms with Crippen molar-refractivity contribution in [3.8, 4) is 0 Å². The Morgan fingerprint density at radius 2 is 2.00 bits per heavy atom. The van der Waals surface area contributed by atoms with E-state index in [1.165, 1.54) is 32.1 Å². The van der Waals surface area contributed by atoms with E-state index in [0.29, 0.717) is 5.92 Å². The Hall–Kier alpha value is -0.570. The molecule has 14 heavy (non-hydrogen) atoms. The summed E-state index contributed by atoms with van der Waals surface area (Å²) in [6.45, 7) is 4.54. The maximum Gasteiger partial charge on any atom is 0.116 e. The first-order valence-corrected chi connectivity index (χ1v) is 5.58. The number of nitrogens with one attached hydrogen (secondary N) is 1. The zero-order valence-corrected chi connectivity index (χ0v) is 9.64. The molecule has 0 atom stereocenters. The minimum absolute atomic E-state index is 0.248. The fraction of sp³-hybridized carbons (Fsp3) is 0.909. The predicted octanol–water partition coefficient (Wildman–Crippen LogP) is 2.08. The SMILES string of the molecule is CN=C(NN)C1(CC(C)C)CCCC1. The molecule has 0 unspecified atom stereocenters. The Labute approximate surface area is 87.1 Å². The van der Waals surface area contributed by atoms with Crippen molar-refractivity contribution in [2.45, 2.75) is 46.0 Å². The molecule has 0 saturated heterocycles. The van der Waals surface area contributed by atoms with Crippen LogP contribution in [0.4, 0.5) is 0 Å². The first-order valence-electron chi connectivity index (χ1n) is 5.58. The van der Waals surface area contributed by atoms with Gasteiger partial charge in [0.2, 0.25) is 0 Å². The molecule has 0 spiro atoms. The minimum atomic E-state index is 0.248. The van der Waals surface area contributed by atoms with E-state index in [4.69, 9.17) is 5.84 Å². The topological polar surface area (TPSA) is 50.4 Å². The van der Waals surface area contributed by atoms with Crippen LogP contribution >= 0.6 is 0 Å². The molecule has 3 nitrogen and oxygen atoms in total. The molecule has 0 aromatic rings. The quantitative estimate of drug-likeness (QED) is 0.315. The van der Waals surface area contributed by atoms with E-state index in [-0.39, 0.29) is 5.41 Å². The van der Waals surface area contributed by atoms with E-state index >= 15 is 0 Å². The van der Waals surface area contributed by atoms with Crippen LogP contribution in [-0.2, 0) is 0 Å². The van der Waals surface area contributed by atoms with Crippen molar-refractivity contribution < 1.29 is 0 Å². The van der Waals surface area contributed by atoms with Crippen molar-refractivity contribution in [3.05, 3.63) is 0 Å². The Morgan fingerprint density at radius 1 is 1.43 bits per heavy atom. The van der Waals surface area contributed by atoms with Crippen molar-refractivity contribution >= 4 is 5.84 Å². The summed E-state index contributed by atoms with van der Waals surface area (Å²) in [6.07, 6.45) is 6.30. The Bertz CT molecular complexity index is 203. The van der Waals surface area contributed by atoms with Crippen LogP contribution in [0, 0.1) is 11.3 Å². The van der Waals surface area contributed by atoms with Gasteiger partial charge < -0.3 is 5.43 Å². The predicted molar refractivity (Wildman–Crippen MR) is 61.0 cm³/mol. The molecule has 1 aliphatic rings. The third-order valence-corrected chi connectivity index (χ3v) is 3.22. The van der Waals surface area contributed by atoms with Gasteiger partial charge in [-0.15, -0.1) is 0 Å². The standard InChI is InChI=1S/C11H23N3/c1-9(2)8-11(6-4-5-7-11)10(13-3)14-12/h9H,4-8,12H2,1-3H3,(H,13,14). The maximum absolute atomic E-state index is 5.54. The van der Waals surface area contributed by atoms with Gasteiger partial charge in [0.25, 0.3) is 0 Å². The van der Waals surface area contributed by atoms with Gasteiger partial charge in [-0.25, -0.2) is 5.84 Å². The number of amidine groups is 1. The number of nitrogens with zero attached hydrogens (tertiary/aromatic N) is 1. The molecule has 1 rings (SSSR count). The number of hydrogen-bond donors (Lipinski definition) is 2. The van der Waals surface area contributed by atoms with Gasteiger partial charge in [-0.2, -0.15) is 0 Å². The van der Waals surface area contributed by atoms with Gasteiger partial charge in [-0.3, -0.25) is 4.99 Å². The smallest absolute Gasteiger partial charge is 0.116 e. The second-order valence-electron chi connectivity index (χ2n) is 4.80. The fourth-order valence-corrected chi connectivity index (χ4v) is 2.83. The monoisotopic (exact) mass is 197 g/mol. The third-order valence-electron chi connectivity index (χ3n) is 3.22. The highest BCUT2D eigenvalue weighted by atomic mass is 15.3. The molecule has 0 aliphatic heterocycles. The fourth-order valence-electron chi connectivity index (χ4n) is 2.83. The number of hydrogen-bond acceptors (Lipinski definition) is 2. The molecular formula is C11H23N3. The lowest BCUT2D eigenvalue weighted by Gasteiger charge is -2.31. The highest BCUT2D eigenvalue weighted by Gasteiger charge is 2.38. The van der Waals surface area contributed by atoms with Crippen LogP contribution in [0.15, 0.2) is 4.99 Å². The van der Waals surface area contributed by atoms with E-state index in [0.717, 1.165) is 5.84 Å². The van der Waals surface area contributed by atoms with Crippen LogP contribution in [0.3, 0.4) is 0 Å². The Balaban J connectivity index is 2.80. The largest absolute Gasteiger partial charge is 0.312 e. The summed E-state index contributed by atoms with van der Waals surface area (Å²) in [4.78, 5) is 4.29. The summed E-state index contributed by atoms with van der Waals surface area (Å²) in [5.41, 5.74) is 3.04. The lowest BCUT2D eigenvalue weighted by Crippen LogP contribution is -2.43. The molecule has 0 heterocycles. The Kier molecular flexibility index (Phi) is 3.93. The summed E-state index contributed by atoms with van der Waals surface area (Å²) >= 11 is 0. The molecule has 3 N–H and O–H groups in total. The molecule has 0 aromatic carbocycles. The van der Waals surface area contributed by atoms with E-state index in [1.54, 1.807) is 0 Å². The zero-order chi connectivity index (χ0) is 10.6. The number of aliphatic imine (C=N–C) groups is 1. The van der Waals surface area contributed by atoms with Crippen molar-refractivity contribution in [3.63, 3.8) is 0 Å². The first-order chi connectivity index (χ1) is 6.64. The van der Waals surface area contributed by atoms with Crippen LogP contribution in [0.2, 0.25) is 0 Å². The van der Waals surface area contributed by atoms with Crippen molar-refractivity contribution in [2.24, 2.45) is 22.2 Å². The van der Waals surface area contributed by atoms with E-state index in [1.807, 2.05) is 7.05 Å². The molecule has 0 aromatic heterocycles. The van der Waals surface area contributed by atoms with Crippen LogP contribution in [0.5, 0.6) is 0 Å². The number of nitrogens with two attached hydrogens (primary N) is 1. The molecule has 0 bridgehead atoms. The lowest BCUT2D eigenvalue weighted by atomic mass is 9.77. The average Bonchev–Trinajstić information content (AvgIpc) is 2.55. The van der Waals surface area contributed by atoms with Gasteiger partial charge in [0.1, 0.15) is 5.84 Å². The zero-order valence-electron chi connectivity index (χ0n) is 9.64. The summed E-state index contributed by atoms with van der Waals surface area (Å²) in [5.74, 6) is 7.25. The highest BCUT2D eigenvalue weighted by Crippen LogP contribution is 2.43. The van der Waals surface area contributed by atoms with Crippen LogP contribution < -0.4 is 11.3 Å². The molecule has 3 heteroatoms. The van der Waals surface area contributed by atoms with Crippen LogP contribution in [0.25, 0.3) is 0 Å². The Morgan fingerprint density at radius 3 is 2.36 bits per heavy atom.